The first-order valence-electron chi connectivity index (χ1n) is 8.77. The molecule has 0 saturated carbocycles. The molecule has 1 amide bonds. The van der Waals surface area contributed by atoms with Gasteiger partial charge in [-0.1, -0.05) is 0 Å². The summed E-state index contributed by atoms with van der Waals surface area (Å²) >= 11 is 0. The van der Waals surface area contributed by atoms with E-state index in [9.17, 15) is 14.4 Å². The van der Waals surface area contributed by atoms with E-state index in [1.54, 1.807) is 17.7 Å². The van der Waals surface area contributed by atoms with Crippen molar-refractivity contribution in [2.45, 2.75) is 19.8 Å². The van der Waals surface area contributed by atoms with Gasteiger partial charge >= 0.3 is 5.97 Å². The molecular formula is C20H19N3O5. The van der Waals surface area contributed by atoms with Crippen LogP contribution in [0.5, 0.6) is 0 Å². The summed E-state index contributed by atoms with van der Waals surface area (Å²) in [5, 5.41) is 7.97. The number of anilines is 1. The molecule has 1 aliphatic carbocycles. The number of Topliss-reactive ketones (excluding diaryl/α,β-unsaturated/α-hetero) is 1. The highest BCUT2D eigenvalue weighted by atomic mass is 16.5. The summed E-state index contributed by atoms with van der Waals surface area (Å²) in [7, 11) is 3.11. The van der Waals surface area contributed by atoms with Gasteiger partial charge in [-0.25, -0.2) is 0 Å². The largest absolute Gasteiger partial charge is 0.469 e. The second-order valence-electron chi connectivity index (χ2n) is 7.31. The zero-order valence-corrected chi connectivity index (χ0v) is 15.7. The van der Waals surface area contributed by atoms with E-state index in [2.05, 4.69) is 10.4 Å². The van der Waals surface area contributed by atoms with E-state index in [0.29, 0.717) is 11.4 Å². The standard InChI is InChI=1S/C20H19N3O5/c1-20(19(26)27-3)7-15(24)17-13(10-28-16(17)8-20)18(25)21-12-4-5-14-11(6-12)9-23(2)22-14/h4-6,9-10H,7-8H2,1-3H3,(H,21,25). The van der Waals surface area contributed by atoms with Crippen molar-refractivity contribution in [2.75, 3.05) is 12.4 Å². The minimum Gasteiger partial charge on any atom is -0.469 e. The number of hydrogen-bond acceptors (Lipinski definition) is 6. The molecule has 0 spiro atoms. The topological polar surface area (TPSA) is 103 Å². The van der Waals surface area contributed by atoms with Gasteiger partial charge in [0, 0.05) is 37.2 Å². The highest BCUT2D eigenvalue weighted by molar-refractivity contribution is 6.14. The summed E-state index contributed by atoms with van der Waals surface area (Å²) in [6, 6.07) is 5.36. The van der Waals surface area contributed by atoms with Crippen LogP contribution in [0.3, 0.4) is 0 Å². The van der Waals surface area contributed by atoms with Crippen molar-refractivity contribution in [2.24, 2.45) is 12.5 Å². The average molecular weight is 381 g/mol. The maximum absolute atomic E-state index is 12.7. The maximum atomic E-state index is 12.7. The van der Waals surface area contributed by atoms with Crippen LogP contribution in [0.25, 0.3) is 10.9 Å². The quantitative estimate of drug-likeness (QED) is 0.700. The Morgan fingerprint density at radius 1 is 1.32 bits per heavy atom. The van der Waals surface area contributed by atoms with E-state index in [0.717, 1.165) is 10.9 Å². The number of aromatic nitrogens is 2. The molecule has 4 rings (SSSR count). The van der Waals surface area contributed by atoms with Crippen molar-refractivity contribution in [1.82, 2.24) is 9.78 Å². The second kappa shape index (κ2) is 6.33. The number of rotatable bonds is 3. The van der Waals surface area contributed by atoms with E-state index < -0.39 is 17.3 Å². The Morgan fingerprint density at radius 3 is 2.86 bits per heavy atom. The molecular weight excluding hydrogens is 362 g/mol. The fraction of sp³-hybridized carbons (Fsp3) is 0.300. The Hall–Kier alpha value is -3.42. The molecule has 0 saturated heterocycles. The normalized spacial score (nSPS) is 18.8. The van der Waals surface area contributed by atoms with Gasteiger partial charge < -0.3 is 14.5 Å². The van der Waals surface area contributed by atoms with Gasteiger partial charge in [0.15, 0.2) is 5.78 Å². The minimum atomic E-state index is -0.990. The number of aryl methyl sites for hydroxylation is 1. The molecule has 28 heavy (non-hydrogen) atoms. The molecule has 8 heteroatoms. The number of nitrogens with one attached hydrogen (secondary N) is 1. The van der Waals surface area contributed by atoms with E-state index in [1.165, 1.54) is 13.4 Å². The Morgan fingerprint density at radius 2 is 2.11 bits per heavy atom. The Bertz CT molecular complexity index is 1130. The average Bonchev–Trinajstić information content (AvgIpc) is 3.23. The van der Waals surface area contributed by atoms with Crippen LogP contribution in [-0.4, -0.2) is 34.6 Å². The van der Waals surface area contributed by atoms with Crippen LogP contribution in [0.4, 0.5) is 5.69 Å². The molecule has 8 nitrogen and oxygen atoms in total. The number of nitrogens with zero attached hydrogens (tertiary/aromatic N) is 2. The summed E-state index contributed by atoms with van der Waals surface area (Å²) in [5.74, 6) is -0.894. The third-order valence-electron chi connectivity index (χ3n) is 5.05. The molecule has 3 aromatic rings. The molecule has 1 aliphatic rings. The first kappa shape index (κ1) is 18.0. The van der Waals surface area contributed by atoms with Crippen molar-refractivity contribution < 1.29 is 23.5 Å². The van der Waals surface area contributed by atoms with Crippen LogP contribution < -0.4 is 5.32 Å². The maximum Gasteiger partial charge on any atom is 0.312 e. The van der Waals surface area contributed by atoms with Crippen LogP contribution in [0.15, 0.2) is 35.1 Å². The van der Waals surface area contributed by atoms with Gasteiger partial charge in [0.25, 0.3) is 5.91 Å². The summed E-state index contributed by atoms with van der Waals surface area (Å²) in [4.78, 5) is 37.5. The van der Waals surface area contributed by atoms with Crippen molar-refractivity contribution in [3.05, 3.63) is 47.5 Å². The van der Waals surface area contributed by atoms with Crippen LogP contribution in [0.1, 0.15) is 39.8 Å². The molecule has 2 aromatic heterocycles. The Labute approximate surface area is 160 Å². The molecule has 1 atom stereocenters. The lowest BCUT2D eigenvalue weighted by molar-refractivity contribution is -0.152. The van der Waals surface area contributed by atoms with Gasteiger partial charge in [0.05, 0.1) is 29.2 Å². The molecule has 0 fully saturated rings. The van der Waals surface area contributed by atoms with Crippen LogP contribution >= 0.6 is 0 Å². The van der Waals surface area contributed by atoms with Gasteiger partial charge in [-0.2, -0.15) is 5.10 Å². The molecule has 0 aliphatic heterocycles. The van der Waals surface area contributed by atoms with Crippen LogP contribution in [0, 0.1) is 5.41 Å². The van der Waals surface area contributed by atoms with Gasteiger partial charge in [-0.05, 0) is 25.1 Å². The zero-order chi connectivity index (χ0) is 20.1. The lowest BCUT2D eigenvalue weighted by Gasteiger charge is -2.28. The smallest absolute Gasteiger partial charge is 0.312 e. The highest BCUT2D eigenvalue weighted by Crippen LogP contribution is 2.38. The van der Waals surface area contributed by atoms with Crippen LogP contribution in [-0.2, 0) is 23.0 Å². The summed E-state index contributed by atoms with van der Waals surface area (Å²) in [6.45, 7) is 1.66. The number of benzene rings is 1. The van der Waals surface area contributed by atoms with Gasteiger partial charge in [0.2, 0.25) is 0 Å². The lowest BCUT2D eigenvalue weighted by Crippen LogP contribution is -2.37. The number of methoxy groups -OCH3 is 1. The van der Waals surface area contributed by atoms with Gasteiger partial charge in [0.1, 0.15) is 12.0 Å². The van der Waals surface area contributed by atoms with Crippen molar-refractivity contribution in [3.63, 3.8) is 0 Å². The number of furan rings is 1. The van der Waals surface area contributed by atoms with Crippen molar-refractivity contribution in [3.8, 4) is 0 Å². The van der Waals surface area contributed by atoms with Gasteiger partial charge in [-0.3, -0.25) is 19.1 Å². The number of amides is 1. The predicted molar refractivity (Wildman–Crippen MR) is 100 cm³/mol. The molecule has 1 aromatic carbocycles. The Kier molecular flexibility index (Phi) is 4.06. The van der Waals surface area contributed by atoms with Crippen molar-refractivity contribution in [1.29, 1.82) is 0 Å². The van der Waals surface area contributed by atoms with Crippen LogP contribution in [0.2, 0.25) is 0 Å². The first-order valence-corrected chi connectivity index (χ1v) is 8.77. The van der Waals surface area contributed by atoms with Gasteiger partial charge in [-0.15, -0.1) is 0 Å². The Balaban J connectivity index is 1.61. The second-order valence-corrected chi connectivity index (χ2v) is 7.31. The summed E-state index contributed by atoms with van der Waals surface area (Å²) in [6.07, 6.45) is 3.29. The highest BCUT2D eigenvalue weighted by Gasteiger charge is 2.45. The van der Waals surface area contributed by atoms with E-state index in [4.69, 9.17) is 9.15 Å². The number of esters is 1. The number of hydrogen-bond donors (Lipinski definition) is 1. The van der Waals surface area contributed by atoms with E-state index in [-0.39, 0.29) is 29.8 Å². The third kappa shape index (κ3) is 2.87. The number of fused-ring (bicyclic) bond motifs is 2. The third-order valence-corrected chi connectivity index (χ3v) is 5.05. The van der Waals surface area contributed by atoms with E-state index in [1.807, 2.05) is 25.4 Å². The zero-order valence-electron chi connectivity index (χ0n) is 15.7. The SMILES string of the molecule is COC(=O)C1(C)CC(=O)c2c(C(=O)Nc3ccc4nn(C)cc4c3)coc2C1. The predicted octanol–water partition coefficient (Wildman–Crippen LogP) is 2.73. The first-order chi connectivity index (χ1) is 13.3. The number of carbonyl (C=O) groups is 3. The number of carbonyl (C=O) groups excluding carboxylic acids is 3. The summed E-state index contributed by atoms with van der Waals surface area (Å²) in [5.41, 5.74) is 0.816. The molecule has 2 heterocycles. The molecule has 144 valence electrons. The summed E-state index contributed by atoms with van der Waals surface area (Å²) < 4.78 is 12.0. The minimum absolute atomic E-state index is 0.0336. The fourth-order valence-corrected chi connectivity index (χ4v) is 3.68. The van der Waals surface area contributed by atoms with Crippen molar-refractivity contribution >= 4 is 34.3 Å². The monoisotopic (exact) mass is 381 g/mol. The number of ketones is 1. The lowest BCUT2D eigenvalue weighted by atomic mass is 9.74. The number of ether oxygens (including phenoxy) is 1. The molecule has 1 N–H and O–H groups in total. The van der Waals surface area contributed by atoms with E-state index >= 15 is 0 Å². The molecule has 1 unspecified atom stereocenters. The fourth-order valence-electron chi connectivity index (χ4n) is 3.68. The molecule has 0 radical (unpaired) electrons. The molecule has 0 bridgehead atoms.